The van der Waals surface area contributed by atoms with E-state index in [1.54, 1.807) is 0 Å². The van der Waals surface area contributed by atoms with E-state index in [1.807, 2.05) is 42.6 Å². The molecule has 1 fully saturated rings. The van der Waals surface area contributed by atoms with Crippen molar-refractivity contribution in [2.75, 3.05) is 19.9 Å². The third kappa shape index (κ3) is 3.25. The lowest BCUT2D eigenvalue weighted by Crippen LogP contribution is -2.42. The van der Waals surface area contributed by atoms with Crippen LogP contribution in [0.15, 0.2) is 54.7 Å². The van der Waals surface area contributed by atoms with Crippen LogP contribution in [-0.2, 0) is 6.54 Å². The quantitative estimate of drug-likeness (QED) is 0.731. The lowest BCUT2D eigenvalue weighted by Gasteiger charge is -2.36. The second kappa shape index (κ2) is 7.30. The van der Waals surface area contributed by atoms with Crippen LogP contribution < -0.4 is 9.47 Å². The van der Waals surface area contributed by atoms with E-state index in [0.29, 0.717) is 6.54 Å². The predicted octanol–water partition coefficient (Wildman–Crippen LogP) is 3.16. The summed E-state index contributed by atoms with van der Waals surface area (Å²) in [5.74, 6) is 1.67. The van der Waals surface area contributed by atoms with Crippen LogP contribution in [0.3, 0.4) is 0 Å². The molecule has 1 saturated heterocycles. The van der Waals surface area contributed by atoms with E-state index in [9.17, 15) is 5.11 Å². The molecule has 2 aliphatic heterocycles. The highest BCUT2D eigenvalue weighted by atomic mass is 16.7. The summed E-state index contributed by atoms with van der Waals surface area (Å²) in [6.45, 7) is 2.61. The SMILES string of the molecule is O[C@@H]1CN(Cc2cn[nH]c2-c2ccccc2)CC[C@H]1c1ccc2c(c1)OCO2. The molecule has 1 aromatic heterocycles. The Balaban J connectivity index is 1.28. The third-order valence-corrected chi connectivity index (χ3v) is 5.67. The number of fused-ring (bicyclic) bond motifs is 1. The van der Waals surface area contributed by atoms with E-state index < -0.39 is 6.10 Å². The van der Waals surface area contributed by atoms with Crippen molar-refractivity contribution in [3.8, 4) is 22.8 Å². The topological polar surface area (TPSA) is 70.6 Å². The summed E-state index contributed by atoms with van der Waals surface area (Å²) in [4.78, 5) is 2.30. The van der Waals surface area contributed by atoms with Crippen molar-refractivity contribution in [2.24, 2.45) is 0 Å². The van der Waals surface area contributed by atoms with Crippen LogP contribution in [0.25, 0.3) is 11.3 Å². The monoisotopic (exact) mass is 377 g/mol. The number of aliphatic hydroxyl groups excluding tert-OH is 1. The third-order valence-electron chi connectivity index (χ3n) is 5.67. The van der Waals surface area contributed by atoms with Gasteiger partial charge in [-0.25, -0.2) is 0 Å². The van der Waals surface area contributed by atoms with E-state index >= 15 is 0 Å². The fraction of sp³-hybridized carbons (Fsp3) is 0.318. The number of ether oxygens (including phenoxy) is 2. The van der Waals surface area contributed by atoms with E-state index in [1.165, 1.54) is 0 Å². The van der Waals surface area contributed by atoms with E-state index in [4.69, 9.17) is 9.47 Å². The first-order chi connectivity index (χ1) is 13.8. The molecule has 2 aromatic carbocycles. The van der Waals surface area contributed by atoms with Gasteiger partial charge in [0, 0.05) is 24.6 Å². The van der Waals surface area contributed by atoms with Gasteiger partial charge < -0.3 is 14.6 Å². The molecule has 2 N–H and O–H groups in total. The molecule has 144 valence electrons. The minimum Gasteiger partial charge on any atom is -0.454 e. The number of hydrogen-bond donors (Lipinski definition) is 2. The zero-order chi connectivity index (χ0) is 18.9. The highest BCUT2D eigenvalue weighted by Gasteiger charge is 2.30. The lowest BCUT2D eigenvalue weighted by molar-refractivity contribution is 0.0477. The number of piperidine rings is 1. The second-order valence-corrected chi connectivity index (χ2v) is 7.45. The Morgan fingerprint density at radius 1 is 1.11 bits per heavy atom. The van der Waals surface area contributed by atoms with Gasteiger partial charge >= 0.3 is 0 Å². The standard InChI is InChI=1S/C22H23N3O3/c26-19-13-25(12-17-11-23-24-22(17)15-4-2-1-3-5-15)9-8-18(19)16-6-7-20-21(10-16)28-14-27-20/h1-7,10-11,18-19,26H,8-9,12-14H2,(H,23,24)/t18-,19+/m0/s1. The Kier molecular flexibility index (Phi) is 4.50. The summed E-state index contributed by atoms with van der Waals surface area (Å²) < 4.78 is 10.9. The zero-order valence-corrected chi connectivity index (χ0v) is 15.5. The van der Waals surface area contributed by atoms with Crippen LogP contribution >= 0.6 is 0 Å². The van der Waals surface area contributed by atoms with Crippen LogP contribution in [0.2, 0.25) is 0 Å². The summed E-state index contributed by atoms with van der Waals surface area (Å²) >= 11 is 0. The smallest absolute Gasteiger partial charge is 0.231 e. The van der Waals surface area contributed by atoms with Crippen molar-refractivity contribution in [1.29, 1.82) is 0 Å². The number of aliphatic hydroxyl groups is 1. The minimum atomic E-state index is -0.416. The molecule has 0 amide bonds. The molecule has 0 aliphatic carbocycles. The Morgan fingerprint density at radius 3 is 2.82 bits per heavy atom. The molecule has 0 radical (unpaired) electrons. The first-order valence-electron chi connectivity index (χ1n) is 9.65. The van der Waals surface area contributed by atoms with Crippen molar-refractivity contribution in [2.45, 2.75) is 25.0 Å². The molecule has 0 spiro atoms. The van der Waals surface area contributed by atoms with Gasteiger partial charge in [-0.2, -0.15) is 5.10 Å². The largest absolute Gasteiger partial charge is 0.454 e. The van der Waals surface area contributed by atoms with Gasteiger partial charge in [0.1, 0.15) is 0 Å². The van der Waals surface area contributed by atoms with Gasteiger partial charge in [-0.3, -0.25) is 10.00 Å². The summed E-state index contributed by atoms with van der Waals surface area (Å²) in [5, 5.41) is 18.2. The number of nitrogens with one attached hydrogen (secondary N) is 1. The van der Waals surface area contributed by atoms with Crippen molar-refractivity contribution < 1.29 is 14.6 Å². The fourth-order valence-corrected chi connectivity index (χ4v) is 4.20. The zero-order valence-electron chi connectivity index (χ0n) is 15.5. The molecule has 3 heterocycles. The number of hydrogen-bond acceptors (Lipinski definition) is 5. The van der Waals surface area contributed by atoms with Crippen molar-refractivity contribution in [3.05, 3.63) is 65.9 Å². The van der Waals surface area contributed by atoms with Crippen LogP contribution in [0, 0.1) is 0 Å². The predicted molar refractivity (Wildman–Crippen MR) is 105 cm³/mol. The molecule has 3 aromatic rings. The molecule has 28 heavy (non-hydrogen) atoms. The molecule has 0 saturated carbocycles. The molecule has 2 aliphatic rings. The van der Waals surface area contributed by atoms with Crippen LogP contribution in [0.5, 0.6) is 11.5 Å². The van der Waals surface area contributed by atoms with Crippen LogP contribution in [0.1, 0.15) is 23.5 Å². The van der Waals surface area contributed by atoms with Gasteiger partial charge in [-0.1, -0.05) is 36.4 Å². The van der Waals surface area contributed by atoms with Crippen LogP contribution in [-0.4, -0.2) is 46.2 Å². The van der Waals surface area contributed by atoms with E-state index in [-0.39, 0.29) is 12.7 Å². The maximum Gasteiger partial charge on any atom is 0.231 e. The van der Waals surface area contributed by atoms with Gasteiger partial charge in [-0.05, 0) is 36.2 Å². The summed E-state index contributed by atoms with van der Waals surface area (Å²) in [6.07, 6.45) is 2.37. The Bertz CT molecular complexity index is 957. The number of H-pyrrole nitrogens is 1. The van der Waals surface area contributed by atoms with Gasteiger partial charge in [0.2, 0.25) is 6.79 Å². The minimum absolute atomic E-state index is 0.115. The highest BCUT2D eigenvalue weighted by molar-refractivity contribution is 5.62. The fourth-order valence-electron chi connectivity index (χ4n) is 4.20. The summed E-state index contributed by atoms with van der Waals surface area (Å²) in [6, 6.07) is 16.2. The molecule has 6 heteroatoms. The van der Waals surface area contributed by atoms with Gasteiger partial charge in [0.05, 0.1) is 18.0 Å². The second-order valence-electron chi connectivity index (χ2n) is 7.45. The molecule has 2 atom stereocenters. The number of aromatic nitrogens is 2. The Morgan fingerprint density at radius 2 is 1.96 bits per heavy atom. The van der Waals surface area contributed by atoms with Crippen molar-refractivity contribution >= 4 is 0 Å². The summed E-state index contributed by atoms with van der Waals surface area (Å²) in [5.41, 5.74) is 4.45. The van der Waals surface area contributed by atoms with Gasteiger partial charge in [0.15, 0.2) is 11.5 Å². The number of aromatic amines is 1. The van der Waals surface area contributed by atoms with Crippen molar-refractivity contribution in [3.63, 3.8) is 0 Å². The lowest BCUT2D eigenvalue weighted by atomic mass is 9.86. The van der Waals surface area contributed by atoms with Crippen LogP contribution in [0.4, 0.5) is 0 Å². The first kappa shape index (κ1) is 17.3. The average molecular weight is 377 g/mol. The molecular formula is C22H23N3O3. The maximum atomic E-state index is 10.8. The number of β-amino-alcohol motifs (C(OH)–C–C–N with tert-alkyl or cyclic N) is 1. The first-order valence-corrected chi connectivity index (χ1v) is 9.65. The number of benzene rings is 2. The molecule has 6 nitrogen and oxygen atoms in total. The van der Waals surface area contributed by atoms with Gasteiger partial charge in [0.25, 0.3) is 0 Å². The van der Waals surface area contributed by atoms with E-state index in [2.05, 4.69) is 27.2 Å². The van der Waals surface area contributed by atoms with Gasteiger partial charge in [-0.15, -0.1) is 0 Å². The molecule has 0 bridgehead atoms. The molecule has 0 unspecified atom stereocenters. The molecular weight excluding hydrogens is 354 g/mol. The number of likely N-dealkylation sites (tertiary alicyclic amines) is 1. The Hall–Kier alpha value is -2.83. The van der Waals surface area contributed by atoms with E-state index in [0.717, 1.165) is 53.4 Å². The normalized spacial score (nSPS) is 21.8. The highest BCUT2D eigenvalue weighted by Crippen LogP contribution is 2.37. The maximum absolute atomic E-state index is 10.8. The Labute approximate surface area is 163 Å². The number of rotatable bonds is 4. The molecule has 5 rings (SSSR count). The summed E-state index contributed by atoms with van der Waals surface area (Å²) in [7, 11) is 0. The van der Waals surface area contributed by atoms with Crippen molar-refractivity contribution in [1.82, 2.24) is 15.1 Å². The number of nitrogens with zero attached hydrogens (tertiary/aromatic N) is 2. The average Bonchev–Trinajstić information content (AvgIpc) is 3.37.